The summed E-state index contributed by atoms with van der Waals surface area (Å²) in [5.41, 5.74) is 4.38. The summed E-state index contributed by atoms with van der Waals surface area (Å²) in [4.78, 5) is 0. The first-order valence-corrected chi connectivity index (χ1v) is 10.2. The summed E-state index contributed by atoms with van der Waals surface area (Å²) >= 11 is 12.4. The van der Waals surface area contributed by atoms with Gasteiger partial charge in [0.05, 0.1) is 12.6 Å². The topological polar surface area (TPSA) is 37.2 Å². The Morgan fingerprint density at radius 1 is 0.893 bits per heavy atom. The third-order valence-corrected chi connectivity index (χ3v) is 5.56. The van der Waals surface area contributed by atoms with Gasteiger partial charge in [-0.3, -0.25) is 0 Å². The normalized spacial score (nSPS) is 12.6. The lowest BCUT2D eigenvalue weighted by molar-refractivity contribution is 0.169. The van der Waals surface area contributed by atoms with E-state index >= 15 is 0 Å². The molecule has 0 aliphatic rings. The molecule has 0 spiro atoms. The van der Waals surface area contributed by atoms with Crippen LogP contribution in [0.15, 0.2) is 60.7 Å². The lowest BCUT2D eigenvalue weighted by atomic mass is 10.1. The minimum Gasteiger partial charge on any atom is -0.389 e. The molecule has 0 aliphatic carbocycles. The number of aryl methyl sites for hydroxylation is 1. The molecule has 0 unspecified atom stereocenters. The molecule has 3 aromatic carbocycles. The number of rotatable bonds is 6. The van der Waals surface area contributed by atoms with E-state index in [1.165, 1.54) is 5.56 Å². The highest BCUT2D eigenvalue weighted by molar-refractivity contribution is 6.33. The number of fused-ring (bicyclic) bond motifs is 3. The van der Waals surface area contributed by atoms with Crippen molar-refractivity contribution in [3.8, 4) is 0 Å². The molecule has 1 heterocycles. The molecule has 0 fully saturated rings. The van der Waals surface area contributed by atoms with Crippen molar-refractivity contribution in [1.29, 1.82) is 0 Å². The number of halogens is 2. The summed E-state index contributed by atoms with van der Waals surface area (Å²) in [5, 5.41) is 17.4. The van der Waals surface area contributed by atoms with Crippen LogP contribution in [0.25, 0.3) is 21.8 Å². The van der Waals surface area contributed by atoms with Gasteiger partial charge in [0, 0.05) is 44.1 Å². The molecule has 0 saturated carbocycles. The Kier molecular flexibility index (Phi) is 5.49. The molecule has 144 valence electrons. The molecule has 3 nitrogen and oxygen atoms in total. The molecule has 0 saturated heterocycles. The van der Waals surface area contributed by atoms with Crippen molar-refractivity contribution in [2.75, 3.05) is 11.9 Å². The Bertz CT molecular complexity index is 1060. The van der Waals surface area contributed by atoms with E-state index < -0.39 is 6.10 Å². The van der Waals surface area contributed by atoms with E-state index in [1.54, 1.807) is 0 Å². The van der Waals surface area contributed by atoms with E-state index in [9.17, 15) is 5.11 Å². The Morgan fingerprint density at radius 3 is 2.00 bits per heavy atom. The smallest absolute Gasteiger partial charge is 0.0891 e. The van der Waals surface area contributed by atoms with E-state index in [-0.39, 0.29) is 0 Å². The van der Waals surface area contributed by atoms with Crippen molar-refractivity contribution in [1.82, 2.24) is 4.57 Å². The third kappa shape index (κ3) is 3.83. The summed E-state index contributed by atoms with van der Waals surface area (Å²) in [5.74, 6) is 0. The standard InChI is InChI=1S/C23H22Cl2N2O/c1-2-15-3-7-18(8-4-15)26-13-19(28)14-27-22-9-5-16(24)11-20(22)21-12-17(25)6-10-23(21)27/h3-12,19,26,28H,2,13-14H2,1H3/t19-/m1/s1. The molecular formula is C23H22Cl2N2O. The van der Waals surface area contributed by atoms with E-state index in [0.717, 1.165) is 33.9 Å². The zero-order valence-electron chi connectivity index (χ0n) is 15.6. The summed E-state index contributed by atoms with van der Waals surface area (Å²) in [6, 6.07) is 20.0. The van der Waals surface area contributed by atoms with Crippen molar-refractivity contribution in [3.63, 3.8) is 0 Å². The van der Waals surface area contributed by atoms with Crippen LogP contribution in [0, 0.1) is 0 Å². The van der Waals surface area contributed by atoms with Crippen LogP contribution < -0.4 is 5.32 Å². The molecule has 1 aromatic heterocycles. The Labute approximate surface area is 174 Å². The van der Waals surface area contributed by atoms with Crippen LogP contribution in [-0.4, -0.2) is 22.3 Å². The van der Waals surface area contributed by atoms with E-state index in [4.69, 9.17) is 23.2 Å². The largest absolute Gasteiger partial charge is 0.389 e. The maximum absolute atomic E-state index is 10.7. The zero-order valence-corrected chi connectivity index (χ0v) is 17.1. The number of hydrogen-bond donors (Lipinski definition) is 2. The predicted octanol–water partition coefficient (Wildman–Crippen LogP) is 6.14. The van der Waals surface area contributed by atoms with Crippen LogP contribution in [0.5, 0.6) is 0 Å². The van der Waals surface area contributed by atoms with Crippen molar-refractivity contribution < 1.29 is 5.11 Å². The van der Waals surface area contributed by atoms with Gasteiger partial charge in [0.15, 0.2) is 0 Å². The molecule has 0 radical (unpaired) electrons. The van der Waals surface area contributed by atoms with Gasteiger partial charge in [0.2, 0.25) is 0 Å². The zero-order chi connectivity index (χ0) is 19.7. The van der Waals surface area contributed by atoms with Crippen molar-refractivity contribution in [2.45, 2.75) is 26.0 Å². The first kappa shape index (κ1) is 19.1. The van der Waals surface area contributed by atoms with Gasteiger partial charge < -0.3 is 15.0 Å². The van der Waals surface area contributed by atoms with Crippen LogP contribution in [0.3, 0.4) is 0 Å². The number of aliphatic hydroxyl groups excluding tert-OH is 1. The lowest BCUT2D eigenvalue weighted by Crippen LogP contribution is -2.24. The molecule has 4 rings (SSSR count). The molecular weight excluding hydrogens is 391 g/mol. The highest BCUT2D eigenvalue weighted by Gasteiger charge is 2.14. The second-order valence-electron chi connectivity index (χ2n) is 7.02. The van der Waals surface area contributed by atoms with Gasteiger partial charge in [-0.1, -0.05) is 42.3 Å². The van der Waals surface area contributed by atoms with E-state index in [2.05, 4.69) is 41.1 Å². The number of hydrogen-bond acceptors (Lipinski definition) is 2. The van der Waals surface area contributed by atoms with Gasteiger partial charge in [-0.15, -0.1) is 0 Å². The van der Waals surface area contributed by atoms with Gasteiger partial charge in [0.1, 0.15) is 0 Å². The summed E-state index contributed by atoms with van der Waals surface area (Å²) in [7, 11) is 0. The number of anilines is 1. The molecule has 2 N–H and O–H groups in total. The minimum atomic E-state index is -0.545. The van der Waals surface area contributed by atoms with Crippen LogP contribution in [0.1, 0.15) is 12.5 Å². The van der Waals surface area contributed by atoms with Gasteiger partial charge in [-0.2, -0.15) is 0 Å². The number of benzene rings is 3. The maximum Gasteiger partial charge on any atom is 0.0891 e. The van der Waals surface area contributed by atoms with Crippen LogP contribution in [0.2, 0.25) is 10.0 Å². The summed E-state index contributed by atoms with van der Waals surface area (Å²) in [6.45, 7) is 3.08. The monoisotopic (exact) mass is 412 g/mol. The van der Waals surface area contributed by atoms with Crippen LogP contribution in [-0.2, 0) is 13.0 Å². The van der Waals surface area contributed by atoms with Gasteiger partial charge in [0.25, 0.3) is 0 Å². The van der Waals surface area contributed by atoms with E-state index in [1.807, 2.05) is 36.4 Å². The van der Waals surface area contributed by atoms with Crippen LogP contribution in [0.4, 0.5) is 5.69 Å². The molecule has 0 amide bonds. The summed E-state index contributed by atoms with van der Waals surface area (Å²) in [6.07, 6.45) is 0.473. The van der Waals surface area contributed by atoms with Crippen molar-refractivity contribution in [3.05, 3.63) is 76.3 Å². The SMILES string of the molecule is CCc1ccc(NC[C@@H](O)Cn2c3ccc(Cl)cc3c3cc(Cl)ccc32)cc1. The van der Waals surface area contributed by atoms with Crippen molar-refractivity contribution in [2.24, 2.45) is 0 Å². The quantitative estimate of drug-likeness (QED) is 0.399. The average Bonchev–Trinajstić information content (AvgIpc) is 2.99. The second kappa shape index (κ2) is 8.04. The number of nitrogens with one attached hydrogen (secondary N) is 1. The van der Waals surface area contributed by atoms with Crippen LogP contribution >= 0.6 is 23.2 Å². The van der Waals surface area contributed by atoms with Gasteiger partial charge in [-0.25, -0.2) is 0 Å². The van der Waals surface area contributed by atoms with E-state index in [0.29, 0.717) is 23.1 Å². The molecule has 0 bridgehead atoms. The second-order valence-corrected chi connectivity index (χ2v) is 7.89. The fourth-order valence-electron chi connectivity index (χ4n) is 3.61. The number of nitrogens with zero attached hydrogens (tertiary/aromatic N) is 1. The van der Waals surface area contributed by atoms with Crippen molar-refractivity contribution >= 4 is 50.7 Å². The molecule has 0 aliphatic heterocycles. The first-order chi connectivity index (χ1) is 13.5. The molecule has 28 heavy (non-hydrogen) atoms. The minimum absolute atomic E-state index is 0.466. The van der Waals surface area contributed by atoms with Gasteiger partial charge >= 0.3 is 0 Å². The Balaban J connectivity index is 1.59. The lowest BCUT2D eigenvalue weighted by Gasteiger charge is -2.16. The number of aliphatic hydroxyl groups is 1. The Morgan fingerprint density at radius 2 is 1.46 bits per heavy atom. The maximum atomic E-state index is 10.7. The highest BCUT2D eigenvalue weighted by Crippen LogP contribution is 2.33. The third-order valence-electron chi connectivity index (χ3n) is 5.09. The predicted molar refractivity (Wildman–Crippen MR) is 120 cm³/mol. The average molecular weight is 413 g/mol. The van der Waals surface area contributed by atoms with Gasteiger partial charge in [-0.05, 0) is 60.5 Å². The fraction of sp³-hybridized carbons (Fsp3) is 0.217. The number of aromatic nitrogens is 1. The highest BCUT2D eigenvalue weighted by atomic mass is 35.5. The fourth-order valence-corrected chi connectivity index (χ4v) is 3.96. The molecule has 1 atom stereocenters. The molecule has 5 heteroatoms. The Hall–Kier alpha value is -2.20. The molecule has 4 aromatic rings. The summed E-state index contributed by atoms with van der Waals surface area (Å²) < 4.78 is 2.13. The first-order valence-electron chi connectivity index (χ1n) is 9.43.